The standard InChI is InChI=1S/C11H16N4O3S/c16-9(14-4-1-2-5-14)7-15(6-3-10(17)18)11-13-12-8-19-11/h8H,1-7H2,(H,17,18). The van der Waals surface area contributed by atoms with Gasteiger partial charge >= 0.3 is 5.97 Å². The van der Waals surface area contributed by atoms with E-state index in [2.05, 4.69) is 10.2 Å². The van der Waals surface area contributed by atoms with Crippen LogP contribution in [0, 0.1) is 0 Å². The zero-order valence-corrected chi connectivity index (χ0v) is 11.3. The number of amides is 1. The highest BCUT2D eigenvalue weighted by Crippen LogP contribution is 2.17. The van der Waals surface area contributed by atoms with Crippen molar-refractivity contribution in [1.29, 1.82) is 0 Å². The van der Waals surface area contributed by atoms with Crippen molar-refractivity contribution in [1.82, 2.24) is 15.1 Å². The Morgan fingerprint density at radius 3 is 2.74 bits per heavy atom. The van der Waals surface area contributed by atoms with E-state index in [0.29, 0.717) is 5.13 Å². The fourth-order valence-corrected chi connectivity index (χ4v) is 2.60. The summed E-state index contributed by atoms with van der Waals surface area (Å²) in [4.78, 5) is 26.3. The molecule has 2 heterocycles. The summed E-state index contributed by atoms with van der Waals surface area (Å²) in [5.74, 6) is -0.860. The van der Waals surface area contributed by atoms with E-state index in [1.807, 2.05) is 4.90 Å². The van der Waals surface area contributed by atoms with Crippen LogP contribution in [0.4, 0.5) is 5.13 Å². The van der Waals surface area contributed by atoms with Gasteiger partial charge in [-0.15, -0.1) is 10.2 Å². The molecule has 0 spiro atoms. The summed E-state index contributed by atoms with van der Waals surface area (Å²) in [6.45, 7) is 2.02. The highest BCUT2D eigenvalue weighted by atomic mass is 32.1. The first-order valence-electron chi connectivity index (χ1n) is 6.17. The third kappa shape index (κ3) is 3.88. The number of likely N-dealkylation sites (tertiary alicyclic amines) is 1. The van der Waals surface area contributed by atoms with E-state index in [9.17, 15) is 9.59 Å². The number of carboxylic acids is 1. The van der Waals surface area contributed by atoms with Gasteiger partial charge in [0, 0.05) is 19.6 Å². The molecule has 1 aromatic heterocycles. The van der Waals surface area contributed by atoms with E-state index in [1.54, 1.807) is 10.4 Å². The molecular formula is C11H16N4O3S. The smallest absolute Gasteiger partial charge is 0.305 e. The molecule has 2 rings (SSSR count). The van der Waals surface area contributed by atoms with E-state index in [-0.39, 0.29) is 25.4 Å². The van der Waals surface area contributed by atoms with E-state index < -0.39 is 5.97 Å². The topological polar surface area (TPSA) is 86.6 Å². The molecule has 8 heteroatoms. The fraction of sp³-hybridized carbons (Fsp3) is 0.636. The van der Waals surface area contributed by atoms with Crippen molar-refractivity contribution in [2.24, 2.45) is 0 Å². The SMILES string of the molecule is O=C(O)CCN(CC(=O)N1CCCC1)c1nncs1. The predicted octanol–water partition coefficient (Wildman–Crippen LogP) is 0.442. The van der Waals surface area contributed by atoms with Gasteiger partial charge in [0.1, 0.15) is 5.51 Å². The number of aliphatic carboxylic acids is 1. The maximum Gasteiger partial charge on any atom is 0.305 e. The molecule has 1 N–H and O–H groups in total. The molecule has 1 amide bonds. The highest BCUT2D eigenvalue weighted by Gasteiger charge is 2.22. The van der Waals surface area contributed by atoms with Gasteiger partial charge in [-0.25, -0.2) is 0 Å². The molecule has 1 fully saturated rings. The van der Waals surface area contributed by atoms with Crippen LogP contribution in [0.1, 0.15) is 19.3 Å². The van der Waals surface area contributed by atoms with Crippen LogP contribution in [-0.2, 0) is 9.59 Å². The van der Waals surface area contributed by atoms with Gasteiger partial charge in [-0.05, 0) is 12.8 Å². The molecule has 7 nitrogen and oxygen atoms in total. The maximum atomic E-state index is 12.1. The molecule has 0 bridgehead atoms. The Hall–Kier alpha value is -1.70. The summed E-state index contributed by atoms with van der Waals surface area (Å²) in [6.07, 6.45) is 2.06. The second-order valence-corrected chi connectivity index (χ2v) is 5.19. The molecule has 104 valence electrons. The van der Waals surface area contributed by atoms with Gasteiger partial charge in [0.2, 0.25) is 11.0 Å². The first kappa shape index (κ1) is 13.7. The van der Waals surface area contributed by atoms with Crippen molar-refractivity contribution in [3.63, 3.8) is 0 Å². The second-order valence-electron chi connectivity index (χ2n) is 4.37. The molecule has 0 aromatic carbocycles. The first-order chi connectivity index (χ1) is 9.16. The molecule has 1 aromatic rings. The number of aromatic nitrogens is 2. The number of nitrogens with zero attached hydrogens (tertiary/aromatic N) is 4. The lowest BCUT2D eigenvalue weighted by Crippen LogP contribution is -2.39. The number of carbonyl (C=O) groups is 2. The van der Waals surface area contributed by atoms with Crippen molar-refractivity contribution in [3.05, 3.63) is 5.51 Å². The number of rotatable bonds is 6. The zero-order valence-electron chi connectivity index (χ0n) is 10.5. The Labute approximate surface area is 114 Å². The van der Waals surface area contributed by atoms with Gasteiger partial charge in [-0.2, -0.15) is 0 Å². The van der Waals surface area contributed by atoms with Crippen molar-refractivity contribution in [2.45, 2.75) is 19.3 Å². The van der Waals surface area contributed by atoms with Crippen LogP contribution in [-0.4, -0.2) is 58.3 Å². The molecule has 19 heavy (non-hydrogen) atoms. The van der Waals surface area contributed by atoms with Crippen molar-refractivity contribution < 1.29 is 14.7 Å². The minimum atomic E-state index is -0.886. The quantitative estimate of drug-likeness (QED) is 0.815. The maximum absolute atomic E-state index is 12.1. The number of carboxylic acid groups (broad SMARTS) is 1. The molecule has 0 saturated carbocycles. The monoisotopic (exact) mass is 284 g/mol. The Kier molecular flexibility index (Phi) is 4.67. The lowest BCUT2D eigenvalue weighted by Gasteiger charge is -2.23. The number of hydrogen-bond donors (Lipinski definition) is 1. The van der Waals surface area contributed by atoms with E-state index in [1.165, 1.54) is 11.3 Å². The summed E-state index contributed by atoms with van der Waals surface area (Å²) in [7, 11) is 0. The van der Waals surface area contributed by atoms with Gasteiger partial charge in [-0.1, -0.05) is 11.3 Å². The Bertz CT molecular complexity index is 431. The zero-order chi connectivity index (χ0) is 13.7. The normalized spacial score (nSPS) is 14.6. The Morgan fingerprint density at radius 1 is 1.42 bits per heavy atom. The Morgan fingerprint density at radius 2 is 2.16 bits per heavy atom. The summed E-state index contributed by atoms with van der Waals surface area (Å²) < 4.78 is 0. The highest BCUT2D eigenvalue weighted by molar-refractivity contribution is 7.13. The number of carbonyl (C=O) groups excluding carboxylic acids is 1. The molecule has 1 saturated heterocycles. The first-order valence-corrected chi connectivity index (χ1v) is 7.05. The molecular weight excluding hydrogens is 268 g/mol. The summed E-state index contributed by atoms with van der Waals surface area (Å²) in [6, 6.07) is 0. The van der Waals surface area contributed by atoms with Crippen LogP contribution < -0.4 is 4.90 Å². The molecule has 1 aliphatic rings. The van der Waals surface area contributed by atoms with Crippen LogP contribution >= 0.6 is 11.3 Å². The van der Waals surface area contributed by atoms with Crippen LogP contribution in [0.25, 0.3) is 0 Å². The molecule has 0 unspecified atom stereocenters. The third-order valence-corrected chi connectivity index (χ3v) is 3.75. The van der Waals surface area contributed by atoms with Crippen LogP contribution in [0.5, 0.6) is 0 Å². The molecule has 1 aliphatic heterocycles. The molecule has 0 atom stereocenters. The van der Waals surface area contributed by atoms with Gasteiger partial charge < -0.3 is 14.9 Å². The summed E-state index contributed by atoms with van der Waals surface area (Å²) in [5.41, 5.74) is 1.57. The predicted molar refractivity (Wildman–Crippen MR) is 70.2 cm³/mol. The third-order valence-electron chi connectivity index (χ3n) is 3.00. The van der Waals surface area contributed by atoms with Crippen molar-refractivity contribution >= 4 is 28.3 Å². The summed E-state index contributed by atoms with van der Waals surface area (Å²) >= 11 is 1.31. The van der Waals surface area contributed by atoms with Crippen LogP contribution in [0.15, 0.2) is 5.51 Å². The van der Waals surface area contributed by atoms with Gasteiger partial charge in [0.05, 0.1) is 13.0 Å². The summed E-state index contributed by atoms with van der Waals surface area (Å²) in [5, 5.41) is 17.0. The van der Waals surface area contributed by atoms with Gasteiger partial charge in [0.25, 0.3) is 0 Å². The van der Waals surface area contributed by atoms with E-state index in [0.717, 1.165) is 25.9 Å². The lowest BCUT2D eigenvalue weighted by atomic mass is 10.3. The van der Waals surface area contributed by atoms with E-state index in [4.69, 9.17) is 5.11 Å². The molecule has 0 aliphatic carbocycles. The minimum absolute atomic E-state index is 0.0210. The van der Waals surface area contributed by atoms with Crippen LogP contribution in [0.2, 0.25) is 0 Å². The average Bonchev–Trinajstić information content (AvgIpc) is 3.05. The minimum Gasteiger partial charge on any atom is -0.481 e. The van der Waals surface area contributed by atoms with Gasteiger partial charge in [-0.3, -0.25) is 9.59 Å². The van der Waals surface area contributed by atoms with Crippen molar-refractivity contribution in [3.8, 4) is 0 Å². The largest absolute Gasteiger partial charge is 0.481 e. The van der Waals surface area contributed by atoms with Gasteiger partial charge in [0.15, 0.2) is 0 Å². The van der Waals surface area contributed by atoms with Crippen molar-refractivity contribution in [2.75, 3.05) is 31.1 Å². The van der Waals surface area contributed by atoms with Crippen LogP contribution in [0.3, 0.4) is 0 Å². The number of hydrogen-bond acceptors (Lipinski definition) is 6. The number of anilines is 1. The molecule has 0 radical (unpaired) electrons. The van der Waals surface area contributed by atoms with E-state index >= 15 is 0 Å². The second kappa shape index (κ2) is 6.46. The lowest BCUT2D eigenvalue weighted by molar-refractivity contribution is -0.137. The Balaban J connectivity index is 1.96. The fourth-order valence-electron chi connectivity index (χ4n) is 2.01. The average molecular weight is 284 g/mol.